The summed E-state index contributed by atoms with van der Waals surface area (Å²) >= 11 is 0. The molecule has 2 N–H and O–H groups in total. The Morgan fingerprint density at radius 3 is 2.36 bits per heavy atom. The minimum atomic E-state index is -1.11. The van der Waals surface area contributed by atoms with Gasteiger partial charge in [0.05, 0.1) is 30.4 Å². The Morgan fingerprint density at radius 2 is 1.64 bits per heavy atom. The summed E-state index contributed by atoms with van der Waals surface area (Å²) in [6.07, 6.45) is 7.92. The molecular weight excluding hydrogens is 592 g/mol. The van der Waals surface area contributed by atoms with Gasteiger partial charge in [0.25, 0.3) is 0 Å². The number of benzene rings is 2. The Kier molecular flexibility index (Phi) is 11.9. The number of rotatable bonds is 14. The second kappa shape index (κ2) is 15.9. The highest BCUT2D eigenvalue weighted by Crippen LogP contribution is 2.21. The van der Waals surface area contributed by atoms with E-state index in [-0.39, 0.29) is 54.9 Å². The van der Waals surface area contributed by atoms with E-state index in [1.165, 1.54) is 17.2 Å². The highest BCUT2D eigenvalue weighted by atomic mass is 16.5. The van der Waals surface area contributed by atoms with E-state index in [1.54, 1.807) is 43.0 Å². The molecule has 0 bridgehead atoms. The molecule has 1 aromatic heterocycles. The molecule has 0 radical (unpaired) electrons. The molecular formula is C38H48N4O5. The number of carbonyl (C=O) groups is 4. The number of ether oxygens (including phenoxy) is 1. The van der Waals surface area contributed by atoms with Gasteiger partial charge in [-0.25, -0.2) is 0 Å². The lowest BCUT2D eigenvalue weighted by Crippen LogP contribution is -2.49. The second-order valence-corrected chi connectivity index (χ2v) is 13.9. The van der Waals surface area contributed by atoms with Crippen molar-refractivity contribution in [2.45, 2.75) is 79.1 Å². The van der Waals surface area contributed by atoms with Crippen LogP contribution in [0.5, 0.6) is 0 Å². The van der Waals surface area contributed by atoms with Crippen LogP contribution in [-0.4, -0.2) is 51.7 Å². The van der Waals surface area contributed by atoms with E-state index in [0.717, 1.165) is 12.0 Å². The van der Waals surface area contributed by atoms with Crippen LogP contribution in [0.15, 0.2) is 85.2 Å². The summed E-state index contributed by atoms with van der Waals surface area (Å²) in [5.41, 5.74) is 2.73. The number of carbonyl (C=O) groups excluding carboxylic acids is 4. The lowest BCUT2D eigenvalue weighted by atomic mass is 9.91. The fraction of sp³-hybridized carbons (Fsp3) is 0.421. The van der Waals surface area contributed by atoms with Gasteiger partial charge in [-0.3, -0.25) is 19.2 Å². The van der Waals surface area contributed by atoms with Gasteiger partial charge >= 0.3 is 0 Å². The van der Waals surface area contributed by atoms with Gasteiger partial charge in [-0.15, -0.1) is 0 Å². The van der Waals surface area contributed by atoms with Crippen molar-refractivity contribution in [3.63, 3.8) is 0 Å². The van der Waals surface area contributed by atoms with E-state index in [2.05, 4.69) is 22.8 Å². The lowest BCUT2D eigenvalue weighted by Gasteiger charge is -2.29. The Labute approximate surface area is 278 Å². The number of nitrogens with one attached hydrogen (secondary N) is 2. The molecule has 2 heterocycles. The minimum Gasteiger partial charge on any atom is -0.376 e. The van der Waals surface area contributed by atoms with Gasteiger partial charge in [-0.2, -0.15) is 0 Å². The van der Waals surface area contributed by atoms with Crippen molar-refractivity contribution in [3.05, 3.63) is 102 Å². The smallest absolute Gasteiger partial charge is 0.244 e. The average Bonchev–Trinajstić information content (AvgIpc) is 3.47. The van der Waals surface area contributed by atoms with E-state index in [1.807, 2.05) is 68.1 Å². The van der Waals surface area contributed by atoms with Gasteiger partial charge in [0.15, 0.2) is 5.78 Å². The molecule has 0 saturated heterocycles. The van der Waals surface area contributed by atoms with Crippen LogP contribution in [0.2, 0.25) is 0 Å². The maximum atomic E-state index is 13.5. The van der Waals surface area contributed by atoms with Crippen molar-refractivity contribution in [1.29, 1.82) is 0 Å². The summed E-state index contributed by atoms with van der Waals surface area (Å²) < 4.78 is 7.70. The maximum absolute atomic E-state index is 13.5. The van der Waals surface area contributed by atoms with Crippen LogP contribution in [0.1, 0.15) is 64.2 Å². The molecule has 0 spiro atoms. The molecule has 4 rings (SSSR count). The molecule has 2 aromatic carbocycles. The standard InChI is InChI=1S/C38H48N4O5/c1-37(2,3)20-17-34(44)40-38(4,5)33(43)16-15-31(27-47-26-28-11-7-6-8-12-28)36(46)39-32-19-21-41(24-32)25-35(45)42-22-18-29-13-9-10-14-30(29)23-42/h6-14,17,19-21,24,31H,15-16,18,22-23,25-27H2,1-5H3,(H,39,46)(H,40,44)/b20-17-/t31-/m1/s1. The summed E-state index contributed by atoms with van der Waals surface area (Å²) in [6, 6.07) is 19.6. The number of Topliss-reactive ketones (excluding diaryl/α,β-unsaturated/α-hetero) is 1. The number of allylic oxidation sites excluding steroid dienone is 1. The van der Waals surface area contributed by atoms with E-state index < -0.39 is 11.5 Å². The predicted octanol–water partition coefficient (Wildman–Crippen LogP) is 5.69. The molecule has 250 valence electrons. The summed E-state index contributed by atoms with van der Waals surface area (Å²) in [6.45, 7) is 11.2. The van der Waals surface area contributed by atoms with Gasteiger partial charge in [0.1, 0.15) is 6.54 Å². The van der Waals surface area contributed by atoms with Crippen molar-refractivity contribution >= 4 is 29.2 Å². The lowest BCUT2D eigenvalue weighted by molar-refractivity contribution is -0.132. The number of anilines is 1. The molecule has 0 aliphatic carbocycles. The second-order valence-electron chi connectivity index (χ2n) is 13.9. The van der Waals surface area contributed by atoms with Gasteiger partial charge < -0.3 is 24.8 Å². The number of ketones is 1. The van der Waals surface area contributed by atoms with E-state index in [4.69, 9.17) is 4.74 Å². The van der Waals surface area contributed by atoms with Crippen LogP contribution in [-0.2, 0) is 50.0 Å². The van der Waals surface area contributed by atoms with Gasteiger partial charge in [-0.05, 0) is 60.9 Å². The van der Waals surface area contributed by atoms with Crippen LogP contribution < -0.4 is 10.6 Å². The molecule has 0 fully saturated rings. The number of hydrogen-bond donors (Lipinski definition) is 2. The zero-order valence-electron chi connectivity index (χ0n) is 28.3. The third-order valence-electron chi connectivity index (χ3n) is 8.21. The predicted molar refractivity (Wildman–Crippen MR) is 183 cm³/mol. The zero-order chi connectivity index (χ0) is 34.0. The molecule has 3 amide bonds. The van der Waals surface area contributed by atoms with E-state index >= 15 is 0 Å². The number of aromatic nitrogens is 1. The first-order valence-electron chi connectivity index (χ1n) is 16.3. The SMILES string of the molecule is CC(C)(C)/C=C\C(=O)NC(C)(C)C(=O)CC[C@H](COCc1ccccc1)C(=O)Nc1ccn(CC(=O)N2CCc3ccccc3C2)c1. The highest BCUT2D eigenvalue weighted by molar-refractivity contribution is 5.97. The molecule has 1 aliphatic rings. The third-order valence-corrected chi connectivity index (χ3v) is 8.21. The Bertz CT molecular complexity index is 1570. The van der Waals surface area contributed by atoms with Crippen molar-refractivity contribution in [2.75, 3.05) is 18.5 Å². The van der Waals surface area contributed by atoms with Crippen molar-refractivity contribution in [2.24, 2.45) is 11.3 Å². The molecule has 1 atom stereocenters. The molecule has 47 heavy (non-hydrogen) atoms. The fourth-order valence-electron chi connectivity index (χ4n) is 5.37. The Balaban J connectivity index is 1.35. The van der Waals surface area contributed by atoms with Crippen LogP contribution in [0, 0.1) is 11.3 Å². The molecule has 0 saturated carbocycles. The zero-order valence-corrected chi connectivity index (χ0v) is 28.3. The molecule has 0 unspecified atom stereocenters. The summed E-state index contributed by atoms with van der Waals surface area (Å²) in [7, 11) is 0. The average molecular weight is 641 g/mol. The number of hydrogen-bond acceptors (Lipinski definition) is 5. The number of nitrogens with zero attached hydrogens (tertiary/aromatic N) is 2. The van der Waals surface area contributed by atoms with E-state index in [9.17, 15) is 19.2 Å². The molecule has 3 aromatic rings. The normalized spacial score (nSPS) is 14.0. The van der Waals surface area contributed by atoms with Crippen LogP contribution in [0.3, 0.4) is 0 Å². The first-order valence-corrected chi connectivity index (χ1v) is 16.3. The first-order chi connectivity index (χ1) is 22.3. The maximum Gasteiger partial charge on any atom is 0.244 e. The van der Waals surface area contributed by atoms with Crippen LogP contribution in [0.25, 0.3) is 0 Å². The monoisotopic (exact) mass is 640 g/mol. The minimum absolute atomic E-state index is 0.0160. The number of fused-ring (bicyclic) bond motifs is 1. The first kappa shape index (κ1) is 35.4. The quantitative estimate of drug-likeness (QED) is 0.220. The molecule has 9 heteroatoms. The summed E-state index contributed by atoms with van der Waals surface area (Å²) in [5.74, 6) is -1.40. The van der Waals surface area contributed by atoms with Gasteiger partial charge in [0, 0.05) is 31.9 Å². The van der Waals surface area contributed by atoms with Crippen molar-refractivity contribution in [1.82, 2.24) is 14.8 Å². The third kappa shape index (κ3) is 11.1. The van der Waals surface area contributed by atoms with Crippen molar-refractivity contribution in [3.8, 4) is 0 Å². The van der Waals surface area contributed by atoms with Gasteiger partial charge in [-0.1, -0.05) is 81.4 Å². The van der Waals surface area contributed by atoms with Gasteiger partial charge in [0.2, 0.25) is 17.7 Å². The van der Waals surface area contributed by atoms with Crippen LogP contribution >= 0.6 is 0 Å². The number of amides is 3. The molecule has 1 aliphatic heterocycles. The Hall–Kier alpha value is -4.50. The molecule has 9 nitrogen and oxygen atoms in total. The largest absolute Gasteiger partial charge is 0.376 e. The fourth-order valence-corrected chi connectivity index (χ4v) is 5.37. The van der Waals surface area contributed by atoms with Crippen molar-refractivity contribution < 1.29 is 23.9 Å². The van der Waals surface area contributed by atoms with Crippen LogP contribution in [0.4, 0.5) is 5.69 Å². The van der Waals surface area contributed by atoms with E-state index in [0.29, 0.717) is 25.4 Å². The summed E-state index contributed by atoms with van der Waals surface area (Å²) in [5, 5.41) is 5.74. The topological polar surface area (TPSA) is 110 Å². The summed E-state index contributed by atoms with van der Waals surface area (Å²) in [4.78, 5) is 54.2. The highest BCUT2D eigenvalue weighted by Gasteiger charge is 2.30. The Morgan fingerprint density at radius 1 is 0.936 bits per heavy atom.